The van der Waals surface area contributed by atoms with Gasteiger partial charge in [0.2, 0.25) is 15.9 Å². The van der Waals surface area contributed by atoms with Gasteiger partial charge in [0, 0.05) is 16.6 Å². The quantitative estimate of drug-likeness (QED) is 0.329. The smallest absolute Gasteiger partial charge is 0.243 e. The lowest BCUT2D eigenvalue weighted by Gasteiger charge is -2.23. The van der Waals surface area contributed by atoms with Crippen molar-refractivity contribution in [1.29, 1.82) is 0 Å². The molecule has 32 heavy (non-hydrogen) atoms. The third kappa shape index (κ3) is 6.08. The zero-order valence-corrected chi connectivity index (χ0v) is 20.8. The number of nitrogens with one attached hydrogen (secondary N) is 1. The Kier molecular flexibility index (Phi) is 8.33. The first kappa shape index (κ1) is 25.1. The van der Waals surface area contributed by atoms with Crippen molar-refractivity contribution in [2.75, 3.05) is 11.9 Å². The highest BCUT2D eigenvalue weighted by Crippen LogP contribution is 2.32. The molecule has 0 aliphatic heterocycles. The molecule has 1 amide bonds. The molecule has 0 saturated carbocycles. The predicted molar refractivity (Wildman–Crippen MR) is 131 cm³/mol. The van der Waals surface area contributed by atoms with Crippen LogP contribution in [0.3, 0.4) is 0 Å². The lowest BCUT2D eigenvalue weighted by molar-refractivity contribution is -0.116. The van der Waals surface area contributed by atoms with E-state index in [9.17, 15) is 13.2 Å². The average Bonchev–Trinajstić information content (AvgIpc) is 2.74. The summed E-state index contributed by atoms with van der Waals surface area (Å²) in [4.78, 5) is 12.8. The largest absolute Gasteiger partial charge is 0.324 e. The van der Waals surface area contributed by atoms with E-state index in [1.54, 1.807) is 30.3 Å². The van der Waals surface area contributed by atoms with Crippen molar-refractivity contribution in [3.8, 4) is 0 Å². The van der Waals surface area contributed by atoms with E-state index >= 15 is 0 Å². The van der Waals surface area contributed by atoms with Crippen LogP contribution in [0, 0.1) is 0 Å². The maximum absolute atomic E-state index is 13.3. The second-order valence-electron chi connectivity index (χ2n) is 6.62. The van der Waals surface area contributed by atoms with Crippen molar-refractivity contribution in [2.24, 2.45) is 0 Å². The molecule has 0 fully saturated rings. The molecule has 0 aromatic heterocycles. The van der Waals surface area contributed by atoms with Crippen LogP contribution in [0.25, 0.3) is 0 Å². The molecule has 0 bridgehead atoms. The molecule has 0 saturated heterocycles. The van der Waals surface area contributed by atoms with Crippen LogP contribution in [0.15, 0.2) is 65.6 Å². The Bertz CT molecular complexity index is 1250. The van der Waals surface area contributed by atoms with E-state index in [0.717, 1.165) is 4.31 Å². The molecule has 0 aliphatic carbocycles. The highest BCUT2D eigenvalue weighted by molar-refractivity contribution is 7.89. The van der Waals surface area contributed by atoms with Crippen LogP contribution in [0.5, 0.6) is 0 Å². The Morgan fingerprint density at radius 3 is 2.12 bits per heavy atom. The highest BCUT2D eigenvalue weighted by atomic mass is 35.5. The molecule has 3 aromatic rings. The molecular weight excluding hydrogens is 538 g/mol. The lowest BCUT2D eigenvalue weighted by atomic mass is 10.2. The maximum Gasteiger partial charge on any atom is 0.243 e. The summed E-state index contributed by atoms with van der Waals surface area (Å²) in [5.41, 5.74) is 0.684. The van der Waals surface area contributed by atoms with Crippen molar-refractivity contribution in [3.05, 3.63) is 91.3 Å². The maximum atomic E-state index is 13.3. The second kappa shape index (κ2) is 10.6. The zero-order valence-electron chi connectivity index (χ0n) is 16.2. The molecule has 3 aromatic carbocycles. The number of benzene rings is 3. The zero-order chi connectivity index (χ0) is 23.5. The van der Waals surface area contributed by atoms with E-state index in [2.05, 4.69) is 5.32 Å². The van der Waals surface area contributed by atoms with E-state index < -0.39 is 22.5 Å². The summed E-state index contributed by atoms with van der Waals surface area (Å²) in [6.07, 6.45) is 0. The molecule has 11 heteroatoms. The molecule has 1 N–H and O–H groups in total. The van der Waals surface area contributed by atoms with Gasteiger partial charge in [-0.2, -0.15) is 4.31 Å². The molecule has 0 heterocycles. The van der Waals surface area contributed by atoms with Crippen molar-refractivity contribution < 1.29 is 13.2 Å². The van der Waals surface area contributed by atoms with Gasteiger partial charge in [-0.15, -0.1) is 0 Å². The van der Waals surface area contributed by atoms with Gasteiger partial charge in [-0.05, 0) is 42.0 Å². The van der Waals surface area contributed by atoms with Crippen LogP contribution in [-0.2, 0) is 21.4 Å². The van der Waals surface area contributed by atoms with Crippen molar-refractivity contribution in [3.63, 3.8) is 0 Å². The third-order valence-corrected chi connectivity index (χ3v) is 7.77. The number of hydrogen-bond donors (Lipinski definition) is 1. The molecule has 0 spiro atoms. The Morgan fingerprint density at radius 2 is 1.47 bits per heavy atom. The second-order valence-corrected chi connectivity index (χ2v) is 10.6. The van der Waals surface area contributed by atoms with Gasteiger partial charge < -0.3 is 5.32 Å². The molecule has 0 aliphatic rings. The summed E-state index contributed by atoms with van der Waals surface area (Å²) >= 11 is 30.2. The molecule has 3 rings (SSSR count). The first-order valence-corrected chi connectivity index (χ1v) is 12.3. The minimum atomic E-state index is -4.04. The fourth-order valence-electron chi connectivity index (χ4n) is 2.78. The number of anilines is 1. The number of halogens is 5. The number of rotatable bonds is 7. The number of nitrogens with zero attached hydrogens (tertiary/aromatic N) is 1. The number of carbonyl (C=O) groups is 1. The monoisotopic (exact) mass is 550 g/mol. The van der Waals surface area contributed by atoms with E-state index in [0.29, 0.717) is 10.6 Å². The summed E-state index contributed by atoms with van der Waals surface area (Å²) in [6.45, 7) is -0.664. The summed E-state index contributed by atoms with van der Waals surface area (Å²) in [5.74, 6) is -0.630. The molecule has 0 atom stereocenters. The van der Waals surface area contributed by atoms with Crippen LogP contribution in [0.1, 0.15) is 5.56 Å². The Labute approximate surface area is 210 Å². The van der Waals surface area contributed by atoms with Gasteiger partial charge in [0.1, 0.15) is 0 Å². The number of hydrogen-bond acceptors (Lipinski definition) is 3. The van der Waals surface area contributed by atoms with Crippen LogP contribution in [0.2, 0.25) is 25.1 Å². The topological polar surface area (TPSA) is 66.5 Å². The van der Waals surface area contributed by atoms with Crippen molar-refractivity contribution in [1.82, 2.24) is 4.31 Å². The van der Waals surface area contributed by atoms with Crippen molar-refractivity contribution in [2.45, 2.75) is 11.4 Å². The third-order valence-electron chi connectivity index (χ3n) is 4.35. The minimum Gasteiger partial charge on any atom is -0.324 e. The fourth-order valence-corrected chi connectivity index (χ4v) is 5.23. The van der Waals surface area contributed by atoms with E-state index in [4.69, 9.17) is 58.0 Å². The van der Waals surface area contributed by atoms with Gasteiger partial charge >= 0.3 is 0 Å². The lowest BCUT2D eigenvalue weighted by Crippen LogP contribution is -2.37. The van der Waals surface area contributed by atoms with Gasteiger partial charge in [-0.1, -0.05) is 82.3 Å². The normalized spacial score (nSPS) is 11.6. The minimum absolute atomic E-state index is 0.0328. The Hall–Kier alpha value is -1.51. The standard InChI is InChI=1S/C21H15Cl5N2O3S/c22-14-7-6-13(16(23)8-14)11-28(32(30,31)15-4-2-1-3-5-15)12-21(29)27-20-10-18(25)17(24)9-19(20)26/h1-10H,11-12H2,(H,27,29). The SMILES string of the molecule is O=C(CN(Cc1ccc(Cl)cc1Cl)S(=O)(=O)c1ccccc1)Nc1cc(Cl)c(Cl)cc1Cl. The number of sulfonamides is 1. The van der Waals surface area contributed by atoms with Gasteiger partial charge in [0.15, 0.2) is 0 Å². The summed E-state index contributed by atoms with van der Waals surface area (Å²) in [7, 11) is -4.04. The summed E-state index contributed by atoms with van der Waals surface area (Å²) < 4.78 is 27.6. The average molecular weight is 553 g/mol. The Balaban J connectivity index is 1.92. The van der Waals surface area contributed by atoms with Crippen LogP contribution < -0.4 is 5.32 Å². The van der Waals surface area contributed by atoms with Crippen molar-refractivity contribution >= 4 is 79.6 Å². The van der Waals surface area contributed by atoms with Crippen LogP contribution in [0.4, 0.5) is 5.69 Å². The van der Waals surface area contributed by atoms with Gasteiger partial charge in [0.25, 0.3) is 0 Å². The van der Waals surface area contributed by atoms with Crippen LogP contribution in [-0.4, -0.2) is 25.2 Å². The number of amides is 1. The van der Waals surface area contributed by atoms with Gasteiger partial charge in [0.05, 0.1) is 32.2 Å². The van der Waals surface area contributed by atoms with Gasteiger partial charge in [-0.3, -0.25) is 4.79 Å². The molecule has 0 unspecified atom stereocenters. The van der Waals surface area contributed by atoms with E-state index in [-0.39, 0.29) is 37.2 Å². The first-order valence-electron chi connectivity index (χ1n) is 9.01. The van der Waals surface area contributed by atoms with Crippen LogP contribution >= 0.6 is 58.0 Å². The summed E-state index contributed by atoms with van der Waals surface area (Å²) in [6, 6.07) is 15.2. The fraction of sp³-hybridized carbons (Fsp3) is 0.0952. The molecule has 5 nitrogen and oxygen atoms in total. The Morgan fingerprint density at radius 1 is 0.812 bits per heavy atom. The van der Waals surface area contributed by atoms with E-state index in [1.165, 1.54) is 30.3 Å². The van der Waals surface area contributed by atoms with Gasteiger partial charge in [-0.25, -0.2) is 8.42 Å². The molecule has 168 valence electrons. The molecular formula is C21H15Cl5N2O3S. The molecule has 0 radical (unpaired) electrons. The highest BCUT2D eigenvalue weighted by Gasteiger charge is 2.28. The summed E-state index contributed by atoms with van der Waals surface area (Å²) in [5, 5.41) is 3.82. The van der Waals surface area contributed by atoms with E-state index in [1.807, 2.05) is 0 Å². The number of carbonyl (C=O) groups excluding carboxylic acids is 1. The predicted octanol–water partition coefficient (Wildman–Crippen LogP) is 6.78. The first-order chi connectivity index (χ1) is 15.1.